The van der Waals surface area contributed by atoms with Crippen molar-refractivity contribution in [2.45, 2.75) is 4.34 Å². The average molecular weight is 434 g/mol. The number of halogens is 1. The fourth-order valence-corrected chi connectivity index (χ4v) is 3.83. The molecule has 3 rings (SSSR count). The van der Waals surface area contributed by atoms with Gasteiger partial charge in [0.25, 0.3) is 5.91 Å². The lowest BCUT2D eigenvalue weighted by Gasteiger charge is -2.00. The Kier molecular flexibility index (Phi) is 5.95. The zero-order chi connectivity index (χ0) is 17.6. The highest BCUT2D eigenvalue weighted by molar-refractivity contribution is 9.10. The number of hydrogen-bond acceptors (Lipinski definition) is 6. The first kappa shape index (κ1) is 17.8. The zero-order valence-electron chi connectivity index (χ0n) is 12.8. The number of amides is 1. The van der Waals surface area contributed by atoms with Gasteiger partial charge in [-0.05, 0) is 24.3 Å². The van der Waals surface area contributed by atoms with Gasteiger partial charge in [-0.1, -0.05) is 69.4 Å². The van der Waals surface area contributed by atoms with Gasteiger partial charge in [0.1, 0.15) is 0 Å². The Balaban J connectivity index is 1.56. The largest absolute Gasteiger partial charge is 0.296 e. The molecule has 2 aromatic carbocycles. The van der Waals surface area contributed by atoms with Crippen LogP contribution in [-0.2, 0) is 0 Å². The highest BCUT2D eigenvalue weighted by Gasteiger charge is 2.12. The second-order valence-corrected chi connectivity index (χ2v) is 8.03. The van der Waals surface area contributed by atoms with Gasteiger partial charge in [-0.3, -0.25) is 14.9 Å². The van der Waals surface area contributed by atoms with E-state index in [-0.39, 0.29) is 17.4 Å². The van der Waals surface area contributed by atoms with Gasteiger partial charge in [-0.25, -0.2) is 0 Å². The van der Waals surface area contributed by atoms with Crippen LogP contribution in [-0.4, -0.2) is 27.6 Å². The molecule has 0 saturated carbocycles. The number of aromatic nitrogens is 2. The van der Waals surface area contributed by atoms with E-state index in [1.165, 1.54) is 23.1 Å². The summed E-state index contributed by atoms with van der Waals surface area (Å²) in [4.78, 5) is 24.2. The van der Waals surface area contributed by atoms with Crippen molar-refractivity contribution in [3.8, 4) is 0 Å². The molecule has 0 unspecified atom stereocenters. The van der Waals surface area contributed by atoms with E-state index in [1.807, 2.05) is 18.2 Å². The van der Waals surface area contributed by atoms with Gasteiger partial charge in [0, 0.05) is 15.6 Å². The summed E-state index contributed by atoms with van der Waals surface area (Å²) in [7, 11) is 0. The highest BCUT2D eigenvalue weighted by atomic mass is 79.9. The van der Waals surface area contributed by atoms with Gasteiger partial charge in [-0.2, -0.15) is 0 Å². The molecule has 0 saturated heterocycles. The van der Waals surface area contributed by atoms with Gasteiger partial charge in [0.2, 0.25) is 5.13 Å². The number of rotatable bonds is 6. The SMILES string of the molecule is O=C(CSc1nnc(NC(=O)c2ccc(Br)cc2)s1)c1ccccc1. The summed E-state index contributed by atoms with van der Waals surface area (Å²) >= 11 is 5.88. The lowest BCUT2D eigenvalue weighted by molar-refractivity contribution is 0.101. The van der Waals surface area contributed by atoms with Crippen molar-refractivity contribution in [3.05, 3.63) is 70.2 Å². The number of nitrogens with one attached hydrogen (secondary N) is 1. The Morgan fingerprint density at radius 3 is 2.44 bits per heavy atom. The van der Waals surface area contributed by atoms with Gasteiger partial charge in [-0.15, -0.1) is 10.2 Å². The molecule has 0 aliphatic rings. The van der Waals surface area contributed by atoms with Crippen molar-refractivity contribution in [2.24, 2.45) is 0 Å². The fraction of sp³-hybridized carbons (Fsp3) is 0.0588. The van der Waals surface area contributed by atoms with Crippen LogP contribution in [0.15, 0.2) is 63.4 Å². The molecule has 1 aromatic heterocycles. The molecule has 1 amide bonds. The number of benzene rings is 2. The lowest BCUT2D eigenvalue weighted by atomic mass is 10.2. The summed E-state index contributed by atoms with van der Waals surface area (Å²) in [5, 5.41) is 11.1. The van der Waals surface area contributed by atoms with E-state index < -0.39 is 0 Å². The maximum Gasteiger partial charge on any atom is 0.257 e. The first-order valence-electron chi connectivity index (χ1n) is 7.23. The van der Waals surface area contributed by atoms with Crippen LogP contribution in [0.4, 0.5) is 5.13 Å². The molecule has 0 aliphatic heterocycles. The number of anilines is 1. The summed E-state index contributed by atoms with van der Waals surface area (Å²) in [6, 6.07) is 16.1. The van der Waals surface area contributed by atoms with Crippen molar-refractivity contribution in [1.82, 2.24) is 10.2 Å². The quantitative estimate of drug-likeness (QED) is 0.351. The smallest absolute Gasteiger partial charge is 0.257 e. The summed E-state index contributed by atoms with van der Waals surface area (Å²) in [6.45, 7) is 0. The van der Waals surface area contributed by atoms with Gasteiger partial charge < -0.3 is 0 Å². The molecular weight excluding hydrogens is 422 g/mol. The molecule has 0 spiro atoms. The molecule has 1 heterocycles. The Hall–Kier alpha value is -2.03. The van der Waals surface area contributed by atoms with E-state index in [0.717, 1.165) is 4.47 Å². The molecule has 5 nitrogen and oxygen atoms in total. The lowest BCUT2D eigenvalue weighted by Crippen LogP contribution is -2.11. The molecule has 0 radical (unpaired) electrons. The molecule has 8 heteroatoms. The third kappa shape index (κ3) is 4.97. The average Bonchev–Trinajstić information content (AvgIpc) is 3.08. The topological polar surface area (TPSA) is 72.0 Å². The summed E-state index contributed by atoms with van der Waals surface area (Å²) in [5.74, 6) is 0.0565. The predicted molar refractivity (Wildman–Crippen MR) is 104 cm³/mol. The second kappa shape index (κ2) is 8.37. The van der Waals surface area contributed by atoms with Crippen molar-refractivity contribution in [1.29, 1.82) is 0 Å². The highest BCUT2D eigenvalue weighted by Crippen LogP contribution is 2.26. The minimum atomic E-state index is -0.249. The molecule has 1 N–H and O–H groups in total. The van der Waals surface area contributed by atoms with E-state index in [9.17, 15) is 9.59 Å². The van der Waals surface area contributed by atoms with E-state index in [1.54, 1.807) is 36.4 Å². The minimum absolute atomic E-state index is 0.0289. The van der Waals surface area contributed by atoms with Crippen LogP contribution >= 0.6 is 39.0 Å². The molecule has 25 heavy (non-hydrogen) atoms. The minimum Gasteiger partial charge on any atom is -0.296 e. The maximum atomic E-state index is 12.1. The summed E-state index contributed by atoms with van der Waals surface area (Å²) in [5.41, 5.74) is 1.20. The van der Waals surface area contributed by atoms with Crippen molar-refractivity contribution < 1.29 is 9.59 Å². The monoisotopic (exact) mass is 433 g/mol. The van der Waals surface area contributed by atoms with E-state index in [4.69, 9.17) is 0 Å². The number of carbonyl (C=O) groups is 2. The molecule has 0 bridgehead atoms. The third-order valence-electron chi connectivity index (χ3n) is 3.16. The van der Waals surface area contributed by atoms with E-state index in [0.29, 0.717) is 20.6 Å². The Morgan fingerprint density at radius 1 is 1.00 bits per heavy atom. The summed E-state index contributed by atoms with van der Waals surface area (Å²) < 4.78 is 1.54. The number of nitrogens with zero attached hydrogens (tertiary/aromatic N) is 2. The van der Waals surface area contributed by atoms with Crippen LogP contribution in [0.5, 0.6) is 0 Å². The predicted octanol–water partition coefficient (Wildman–Crippen LogP) is 4.53. The van der Waals surface area contributed by atoms with Crippen molar-refractivity contribution in [3.63, 3.8) is 0 Å². The third-order valence-corrected chi connectivity index (χ3v) is 5.66. The fourth-order valence-electron chi connectivity index (χ4n) is 1.92. The number of thioether (sulfide) groups is 1. The Labute approximate surface area is 161 Å². The van der Waals surface area contributed by atoms with Crippen LogP contribution in [0.3, 0.4) is 0 Å². The van der Waals surface area contributed by atoms with Gasteiger partial charge >= 0.3 is 0 Å². The van der Waals surface area contributed by atoms with Crippen LogP contribution in [0.25, 0.3) is 0 Å². The first-order chi connectivity index (χ1) is 12.1. The van der Waals surface area contributed by atoms with Crippen molar-refractivity contribution in [2.75, 3.05) is 11.1 Å². The van der Waals surface area contributed by atoms with Crippen LogP contribution < -0.4 is 5.32 Å². The van der Waals surface area contributed by atoms with E-state index in [2.05, 4.69) is 31.4 Å². The molecule has 0 aliphatic carbocycles. The Bertz CT molecular complexity index is 882. The van der Waals surface area contributed by atoms with Gasteiger partial charge in [0.15, 0.2) is 10.1 Å². The molecule has 126 valence electrons. The van der Waals surface area contributed by atoms with Gasteiger partial charge in [0.05, 0.1) is 5.75 Å². The normalized spacial score (nSPS) is 10.4. The molecule has 0 atom stereocenters. The van der Waals surface area contributed by atoms with Crippen LogP contribution in [0.1, 0.15) is 20.7 Å². The number of ketones is 1. The molecule has 0 fully saturated rings. The van der Waals surface area contributed by atoms with Crippen molar-refractivity contribution >= 4 is 55.9 Å². The van der Waals surface area contributed by atoms with Crippen LogP contribution in [0, 0.1) is 0 Å². The number of carbonyl (C=O) groups excluding carboxylic acids is 2. The summed E-state index contributed by atoms with van der Waals surface area (Å²) in [6.07, 6.45) is 0. The maximum absolute atomic E-state index is 12.1. The second-order valence-electron chi connectivity index (χ2n) is 4.91. The van der Waals surface area contributed by atoms with Crippen LogP contribution in [0.2, 0.25) is 0 Å². The zero-order valence-corrected chi connectivity index (χ0v) is 16.0. The number of Topliss-reactive ketones (excluding diaryl/α,β-unsaturated/α-hetero) is 1. The Morgan fingerprint density at radius 2 is 1.72 bits per heavy atom. The number of hydrogen-bond donors (Lipinski definition) is 1. The molecular formula is C17H12BrN3O2S2. The first-order valence-corrected chi connectivity index (χ1v) is 9.83. The molecule has 3 aromatic rings. The van der Waals surface area contributed by atoms with E-state index >= 15 is 0 Å². The standard InChI is InChI=1S/C17H12BrN3O2S2/c18-13-8-6-12(7-9-13)15(23)19-16-20-21-17(25-16)24-10-14(22)11-4-2-1-3-5-11/h1-9H,10H2,(H,19,20,23).